The lowest BCUT2D eigenvalue weighted by molar-refractivity contribution is -0.135. The van der Waals surface area contributed by atoms with Gasteiger partial charge in [0.1, 0.15) is 17.9 Å². The molecular formula is C12H12N4O5. The Kier molecular flexibility index (Phi) is 3.57. The van der Waals surface area contributed by atoms with Crippen LogP contribution in [0.25, 0.3) is 11.0 Å². The molecule has 0 aliphatic carbocycles. The molecule has 0 unspecified atom stereocenters. The number of amides is 1. The summed E-state index contributed by atoms with van der Waals surface area (Å²) in [7, 11) is 1.38. The number of hydrogen-bond donors (Lipinski definition) is 3. The van der Waals surface area contributed by atoms with Crippen LogP contribution in [0.15, 0.2) is 10.9 Å². The number of carbonyl (C=O) groups is 2. The third-order valence-electron chi connectivity index (χ3n) is 2.85. The van der Waals surface area contributed by atoms with Gasteiger partial charge < -0.3 is 15.5 Å². The highest BCUT2D eigenvalue weighted by Gasteiger charge is 2.22. The molecule has 110 valence electrons. The largest absolute Gasteiger partial charge is 0.506 e. The monoisotopic (exact) mass is 292 g/mol. The molecule has 0 saturated heterocycles. The highest BCUT2D eigenvalue weighted by atomic mass is 16.4. The number of pyridine rings is 1. The third-order valence-corrected chi connectivity index (χ3v) is 2.85. The molecule has 2 aromatic rings. The molecule has 0 fully saturated rings. The molecule has 0 bridgehead atoms. The first-order chi connectivity index (χ1) is 9.82. The number of aliphatic carboxylic acids is 1. The van der Waals surface area contributed by atoms with Gasteiger partial charge in [-0.1, -0.05) is 0 Å². The average molecular weight is 292 g/mol. The fourth-order valence-corrected chi connectivity index (χ4v) is 1.85. The number of nitrogens with zero attached hydrogens (tertiary/aromatic N) is 3. The number of aryl methyl sites for hydroxylation is 2. The first-order valence-corrected chi connectivity index (χ1v) is 5.89. The number of carboxylic acids is 1. The van der Waals surface area contributed by atoms with E-state index in [4.69, 9.17) is 5.11 Å². The number of carbonyl (C=O) groups excluding carboxylic acids is 1. The molecule has 1 amide bonds. The second-order valence-corrected chi connectivity index (χ2v) is 4.39. The number of hydrogen-bond acceptors (Lipinski definition) is 6. The summed E-state index contributed by atoms with van der Waals surface area (Å²) in [6, 6.07) is 1.48. The van der Waals surface area contributed by atoms with E-state index in [1.165, 1.54) is 13.1 Å². The summed E-state index contributed by atoms with van der Waals surface area (Å²) < 4.78 is 1.07. The first-order valence-electron chi connectivity index (χ1n) is 5.89. The van der Waals surface area contributed by atoms with Gasteiger partial charge in [0.05, 0.1) is 11.1 Å². The summed E-state index contributed by atoms with van der Waals surface area (Å²) in [6.07, 6.45) is 0. The fraction of sp³-hybridized carbons (Fsp3) is 0.250. The Hall–Kier alpha value is -2.97. The van der Waals surface area contributed by atoms with E-state index in [1.54, 1.807) is 6.92 Å². The van der Waals surface area contributed by atoms with Gasteiger partial charge in [0, 0.05) is 7.05 Å². The molecule has 21 heavy (non-hydrogen) atoms. The van der Waals surface area contributed by atoms with E-state index in [2.05, 4.69) is 10.2 Å². The lowest BCUT2D eigenvalue weighted by Gasteiger charge is -2.10. The van der Waals surface area contributed by atoms with Crippen molar-refractivity contribution in [3.63, 3.8) is 0 Å². The molecule has 0 radical (unpaired) electrons. The van der Waals surface area contributed by atoms with Gasteiger partial charge in [-0.15, -0.1) is 5.10 Å². The minimum absolute atomic E-state index is 0.123. The van der Waals surface area contributed by atoms with Gasteiger partial charge >= 0.3 is 5.97 Å². The van der Waals surface area contributed by atoms with Crippen LogP contribution in [0, 0.1) is 6.92 Å². The predicted molar refractivity (Wildman–Crippen MR) is 71.1 cm³/mol. The third kappa shape index (κ3) is 2.53. The highest BCUT2D eigenvalue weighted by Crippen LogP contribution is 2.24. The first kappa shape index (κ1) is 14.4. The smallest absolute Gasteiger partial charge is 0.322 e. The summed E-state index contributed by atoms with van der Waals surface area (Å²) in [5.41, 5.74) is -0.703. The van der Waals surface area contributed by atoms with Crippen LogP contribution in [-0.4, -0.2) is 43.4 Å². The van der Waals surface area contributed by atoms with Gasteiger partial charge in [-0.2, -0.15) is 5.10 Å². The van der Waals surface area contributed by atoms with Crippen molar-refractivity contribution in [2.75, 3.05) is 6.54 Å². The van der Waals surface area contributed by atoms with Crippen molar-refractivity contribution >= 4 is 22.9 Å². The summed E-state index contributed by atoms with van der Waals surface area (Å²) in [5.74, 6) is -2.77. The Bertz CT molecular complexity index is 811. The standard InChI is InChI=1S/C12H12N4O5/c1-5-3-6-9(19)8(11(20)13-4-7(17)18)12(21)16(2)10(6)15-14-5/h3,19H,4H2,1-2H3,(H,13,20)(H,17,18). The number of aromatic hydroxyl groups is 1. The van der Waals surface area contributed by atoms with Gasteiger partial charge in [-0.25, -0.2) is 0 Å². The van der Waals surface area contributed by atoms with Crippen molar-refractivity contribution in [2.45, 2.75) is 6.92 Å². The maximum absolute atomic E-state index is 12.1. The molecule has 2 heterocycles. The van der Waals surface area contributed by atoms with Gasteiger partial charge in [0.2, 0.25) is 0 Å². The zero-order valence-corrected chi connectivity index (χ0v) is 11.2. The molecule has 0 aromatic carbocycles. The molecule has 9 heteroatoms. The molecule has 0 saturated carbocycles. The molecule has 2 rings (SSSR count). The van der Waals surface area contributed by atoms with E-state index in [9.17, 15) is 19.5 Å². The van der Waals surface area contributed by atoms with Crippen LogP contribution < -0.4 is 10.9 Å². The quantitative estimate of drug-likeness (QED) is 0.671. The normalized spacial score (nSPS) is 10.6. The zero-order valence-electron chi connectivity index (χ0n) is 11.2. The Balaban J connectivity index is 2.66. The van der Waals surface area contributed by atoms with E-state index in [1.807, 2.05) is 5.32 Å². The fourth-order valence-electron chi connectivity index (χ4n) is 1.85. The van der Waals surface area contributed by atoms with E-state index < -0.39 is 35.3 Å². The Morgan fingerprint density at radius 2 is 2.05 bits per heavy atom. The van der Waals surface area contributed by atoms with Gasteiger partial charge in [0.25, 0.3) is 11.5 Å². The van der Waals surface area contributed by atoms with E-state index in [-0.39, 0.29) is 11.0 Å². The van der Waals surface area contributed by atoms with Gasteiger partial charge in [-0.05, 0) is 13.0 Å². The average Bonchev–Trinajstić information content (AvgIpc) is 2.43. The minimum atomic E-state index is -1.26. The number of fused-ring (bicyclic) bond motifs is 1. The Morgan fingerprint density at radius 3 is 2.67 bits per heavy atom. The van der Waals surface area contributed by atoms with Crippen molar-refractivity contribution in [3.05, 3.63) is 27.7 Å². The molecule has 0 aliphatic rings. The molecule has 3 N–H and O–H groups in total. The molecule has 9 nitrogen and oxygen atoms in total. The van der Waals surface area contributed by atoms with Crippen LogP contribution in [-0.2, 0) is 11.8 Å². The van der Waals surface area contributed by atoms with E-state index in [0.717, 1.165) is 4.57 Å². The summed E-state index contributed by atoms with van der Waals surface area (Å²) in [5, 5.41) is 28.5. The maximum Gasteiger partial charge on any atom is 0.322 e. The van der Waals surface area contributed by atoms with Gasteiger partial charge in [0.15, 0.2) is 5.65 Å². The Labute approximate surface area is 117 Å². The van der Waals surface area contributed by atoms with E-state index in [0.29, 0.717) is 5.69 Å². The van der Waals surface area contributed by atoms with Crippen molar-refractivity contribution in [2.24, 2.45) is 7.05 Å². The van der Waals surface area contributed by atoms with Gasteiger partial charge in [-0.3, -0.25) is 19.0 Å². The van der Waals surface area contributed by atoms with Crippen LogP contribution >= 0.6 is 0 Å². The maximum atomic E-state index is 12.1. The molecule has 0 aliphatic heterocycles. The molecular weight excluding hydrogens is 280 g/mol. The van der Waals surface area contributed by atoms with Crippen LogP contribution in [0.3, 0.4) is 0 Å². The van der Waals surface area contributed by atoms with Crippen molar-refractivity contribution in [1.29, 1.82) is 0 Å². The number of nitrogens with one attached hydrogen (secondary N) is 1. The molecule has 0 atom stereocenters. The number of rotatable bonds is 3. The lowest BCUT2D eigenvalue weighted by atomic mass is 10.1. The number of carboxylic acid groups (broad SMARTS) is 1. The summed E-state index contributed by atoms with van der Waals surface area (Å²) in [4.78, 5) is 34.4. The highest BCUT2D eigenvalue weighted by molar-refractivity contribution is 6.02. The SMILES string of the molecule is Cc1cc2c(O)c(C(=O)NCC(=O)O)c(=O)n(C)c2nn1. The summed E-state index contributed by atoms with van der Waals surface area (Å²) in [6.45, 7) is 0.980. The molecule has 0 spiro atoms. The summed E-state index contributed by atoms with van der Waals surface area (Å²) >= 11 is 0. The second kappa shape index (κ2) is 5.19. The minimum Gasteiger partial charge on any atom is -0.506 e. The Morgan fingerprint density at radius 1 is 1.38 bits per heavy atom. The van der Waals surface area contributed by atoms with Crippen molar-refractivity contribution in [3.8, 4) is 5.75 Å². The van der Waals surface area contributed by atoms with E-state index >= 15 is 0 Å². The van der Waals surface area contributed by atoms with Crippen molar-refractivity contribution in [1.82, 2.24) is 20.1 Å². The van der Waals surface area contributed by atoms with Crippen LogP contribution in [0.2, 0.25) is 0 Å². The molecule has 2 aromatic heterocycles. The topological polar surface area (TPSA) is 134 Å². The zero-order chi connectivity index (χ0) is 15.7. The predicted octanol–water partition coefficient (Wildman–Crippen LogP) is -0.843. The van der Waals surface area contributed by atoms with Crippen LogP contribution in [0.5, 0.6) is 5.75 Å². The van der Waals surface area contributed by atoms with Crippen LogP contribution in [0.4, 0.5) is 0 Å². The van der Waals surface area contributed by atoms with Crippen molar-refractivity contribution < 1.29 is 19.8 Å². The lowest BCUT2D eigenvalue weighted by Crippen LogP contribution is -2.35. The second-order valence-electron chi connectivity index (χ2n) is 4.39. The van der Waals surface area contributed by atoms with Crippen LogP contribution in [0.1, 0.15) is 16.1 Å². The number of aromatic nitrogens is 3.